The van der Waals surface area contributed by atoms with Crippen molar-refractivity contribution in [1.82, 2.24) is 15.1 Å². The van der Waals surface area contributed by atoms with Gasteiger partial charge < -0.3 is 5.32 Å². The third kappa shape index (κ3) is 3.40. The molecule has 2 unspecified atom stereocenters. The minimum atomic E-state index is 0.686. The van der Waals surface area contributed by atoms with Gasteiger partial charge in [0.1, 0.15) is 0 Å². The van der Waals surface area contributed by atoms with Crippen LogP contribution >= 0.6 is 0 Å². The van der Waals surface area contributed by atoms with Gasteiger partial charge in [-0.1, -0.05) is 30.3 Å². The number of benzene rings is 1. The molecular formula is C17H27N3. The van der Waals surface area contributed by atoms with Crippen molar-refractivity contribution >= 4 is 0 Å². The Labute approximate surface area is 123 Å². The molecule has 3 heteroatoms. The van der Waals surface area contributed by atoms with E-state index in [0.717, 1.165) is 25.7 Å². The first-order valence-corrected chi connectivity index (χ1v) is 8.05. The van der Waals surface area contributed by atoms with Gasteiger partial charge in [-0.3, -0.25) is 9.80 Å². The lowest BCUT2D eigenvalue weighted by molar-refractivity contribution is 0.0535. The van der Waals surface area contributed by atoms with Crippen LogP contribution in [0.2, 0.25) is 0 Å². The Hall–Kier alpha value is -0.900. The molecule has 0 spiro atoms. The first kappa shape index (κ1) is 14.1. The van der Waals surface area contributed by atoms with Gasteiger partial charge in [-0.15, -0.1) is 0 Å². The van der Waals surface area contributed by atoms with Crippen LogP contribution in [0.1, 0.15) is 25.3 Å². The molecule has 2 saturated heterocycles. The van der Waals surface area contributed by atoms with Crippen molar-refractivity contribution < 1.29 is 0 Å². The Morgan fingerprint density at radius 1 is 1.20 bits per heavy atom. The van der Waals surface area contributed by atoms with Crippen LogP contribution in [-0.4, -0.2) is 54.6 Å². The van der Waals surface area contributed by atoms with Crippen LogP contribution in [-0.2, 0) is 6.54 Å². The van der Waals surface area contributed by atoms with Gasteiger partial charge in [0.25, 0.3) is 0 Å². The molecule has 2 aliphatic heterocycles. The number of hydrogen-bond donors (Lipinski definition) is 1. The molecule has 2 aliphatic rings. The fourth-order valence-electron chi connectivity index (χ4n) is 3.69. The Kier molecular flexibility index (Phi) is 4.71. The number of piperidine rings is 1. The predicted octanol–water partition coefficient (Wildman–Crippen LogP) is 1.94. The first-order valence-electron chi connectivity index (χ1n) is 8.05. The van der Waals surface area contributed by atoms with Gasteiger partial charge in [-0.2, -0.15) is 0 Å². The van der Waals surface area contributed by atoms with E-state index in [1.54, 1.807) is 0 Å². The first-order chi connectivity index (χ1) is 9.83. The van der Waals surface area contributed by atoms with Crippen LogP contribution in [0.4, 0.5) is 0 Å². The van der Waals surface area contributed by atoms with E-state index in [1.165, 1.54) is 38.0 Å². The second-order valence-electron chi connectivity index (χ2n) is 6.31. The molecule has 0 radical (unpaired) electrons. The zero-order valence-electron chi connectivity index (χ0n) is 12.6. The highest BCUT2D eigenvalue weighted by Gasteiger charge is 2.29. The monoisotopic (exact) mass is 273 g/mol. The SMILES string of the molecule is CC1CNCCN1C1CCCN(Cc2ccccc2)C1. The number of hydrogen-bond acceptors (Lipinski definition) is 3. The van der Waals surface area contributed by atoms with Crippen molar-refractivity contribution in [3.63, 3.8) is 0 Å². The summed E-state index contributed by atoms with van der Waals surface area (Å²) in [5, 5.41) is 3.50. The molecule has 0 bridgehead atoms. The number of likely N-dealkylation sites (tertiary alicyclic amines) is 1. The Morgan fingerprint density at radius 2 is 2.05 bits per heavy atom. The lowest BCUT2D eigenvalue weighted by Crippen LogP contribution is -2.57. The lowest BCUT2D eigenvalue weighted by atomic mass is 10.0. The van der Waals surface area contributed by atoms with Crippen molar-refractivity contribution in [3.05, 3.63) is 35.9 Å². The van der Waals surface area contributed by atoms with Crippen molar-refractivity contribution in [2.45, 2.75) is 38.4 Å². The summed E-state index contributed by atoms with van der Waals surface area (Å²) in [6.45, 7) is 9.48. The topological polar surface area (TPSA) is 18.5 Å². The summed E-state index contributed by atoms with van der Waals surface area (Å²) in [5.74, 6) is 0. The summed E-state index contributed by atoms with van der Waals surface area (Å²) in [6, 6.07) is 12.3. The van der Waals surface area contributed by atoms with Gasteiger partial charge in [0.05, 0.1) is 0 Å². The molecule has 3 rings (SSSR count). The third-order valence-corrected chi connectivity index (χ3v) is 4.75. The molecule has 1 aromatic rings. The average molecular weight is 273 g/mol. The predicted molar refractivity (Wildman–Crippen MR) is 83.8 cm³/mol. The van der Waals surface area contributed by atoms with E-state index in [2.05, 4.69) is 52.4 Å². The molecule has 3 nitrogen and oxygen atoms in total. The number of nitrogens with one attached hydrogen (secondary N) is 1. The largest absolute Gasteiger partial charge is 0.314 e. The quantitative estimate of drug-likeness (QED) is 0.908. The van der Waals surface area contributed by atoms with Gasteiger partial charge in [0.15, 0.2) is 0 Å². The fourth-order valence-corrected chi connectivity index (χ4v) is 3.69. The molecular weight excluding hydrogens is 246 g/mol. The summed E-state index contributed by atoms with van der Waals surface area (Å²) in [6.07, 6.45) is 2.71. The number of piperazine rings is 1. The maximum Gasteiger partial charge on any atom is 0.0234 e. The summed E-state index contributed by atoms with van der Waals surface area (Å²) in [7, 11) is 0. The second kappa shape index (κ2) is 6.70. The Morgan fingerprint density at radius 3 is 2.85 bits per heavy atom. The molecule has 2 fully saturated rings. The number of rotatable bonds is 3. The van der Waals surface area contributed by atoms with E-state index in [1.807, 2.05) is 0 Å². The summed E-state index contributed by atoms with van der Waals surface area (Å²) in [5.41, 5.74) is 1.45. The highest BCUT2D eigenvalue weighted by atomic mass is 15.3. The van der Waals surface area contributed by atoms with Crippen LogP contribution in [0, 0.1) is 0 Å². The summed E-state index contributed by atoms with van der Waals surface area (Å²) >= 11 is 0. The summed E-state index contributed by atoms with van der Waals surface area (Å²) in [4.78, 5) is 5.37. The third-order valence-electron chi connectivity index (χ3n) is 4.75. The van der Waals surface area contributed by atoms with Crippen LogP contribution in [0.25, 0.3) is 0 Å². The molecule has 0 saturated carbocycles. The maximum atomic E-state index is 3.50. The van der Waals surface area contributed by atoms with Gasteiger partial charge >= 0.3 is 0 Å². The van der Waals surface area contributed by atoms with E-state index in [4.69, 9.17) is 0 Å². The number of nitrogens with zero attached hydrogens (tertiary/aromatic N) is 2. The van der Waals surface area contributed by atoms with Crippen LogP contribution < -0.4 is 5.32 Å². The van der Waals surface area contributed by atoms with Crippen molar-refractivity contribution in [2.75, 3.05) is 32.7 Å². The molecule has 0 aliphatic carbocycles. The normalized spacial score (nSPS) is 29.4. The molecule has 110 valence electrons. The summed E-state index contributed by atoms with van der Waals surface area (Å²) < 4.78 is 0. The van der Waals surface area contributed by atoms with Crippen molar-refractivity contribution in [1.29, 1.82) is 0 Å². The molecule has 2 heterocycles. The molecule has 20 heavy (non-hydrogen) atoms. The van der Waals surface area contributed by atoms with E-state index >= 15 is 0 Å². The Bertz CT molecular complexity index is 406. The van der Waals surface area contributed by atoms with Gasteiger partial charge in [-0.25, -0.2) is 0 Å². The van der Waals surface area contributed by atoms with Crippen LogP contribution in [0.15, 0.2) is 30.3 Å². The molecule has 1 N–H and O–H groups in total. The zero-order valence-corrected chi connectivity index (χ0v) is 12.6. The highest BCUT2D eigenvalue weighted by Crippen LogP contribution is 2.20. The van der Waals surface area contributed by atoms with Gasteiger partial charge in [0, 0.05) is 44.8 Å². The second-order valence-corrected chi connectivity index (χ2v) is 6.31. The van der Waals surface area contributed by atoms with E-state index < -0.39 is 0 Å². The van der Waals surface area contributed by atoms with Crippen LogP contribution in [0.5, 0.6) is 0 Å². The highest BCUT2D eigenvalue weighted by molar-refractivity contribution is 5.14. The van der Waals surface area contributed by atoms with Gasteiger partial charge in [-0.05, 0) is 31.9 Å². The van der Waals surface area contributed by atoms with E-state index in [0.29, 0.717) is 6.04 Å². The van der Waals surface area contributed by atoms with Gasteiger partial charge in [0.2, 0.25) is 0 Å². The van der Waals surface area contributed by atoms with E-state index in [-0.39, 0.29) is 0 Å². The molecule has 0 aromatic heterocycles. The van der Waals surface area contributed by atoms with Crippen molar-refractivity contribution in [3.8, 4) is 0 Å². The minimum Gasteiger partial charge on any atom is -0.314 e. The average Bonchev–Trinajstić information content (AvgIpc) is 2.49. The molecule has 1 aromatic carbocycles. The smallest absolute Gasteiger partial charge is 0.0234 e. The molecule has 2 atom stereocenters. The van der Waals surface area contributed by atoms with Crippen LogP contribution in [0.3, 0.4) is 0 Å². The van der Waals surface area contributed by atoms with Crippen molar-refractivity contribution in [2.24, 2.45) is 0 Å². The zero-order chi connectivity index (χ0) is 13.8. The Balaban J connectivity index is 1.58. The fraction of sp³-hybridized carbons (Fsp3) is 0.647. The minimum absolute atomic E-state index is 0.686. The lowest BCUT2D eigenvalue weighted by Gasteiger charge is -2.44. The standard InChI is InChI=1S/C17H27N3/c1-15-12-18-9-11-20(15)17-8-5-10-19(14-17)13-16-6-3-2-4-7-16/h2-4,6-7,15,17-18H,5,8-14H2,1H3. The van der Waals surface area contributed by atoms with E-state index in [9.17, 15) is 0 Å². The maximum absolute atomic E-state index is 3.50. The molecule has 0 amide bonds.